The van der Waals surface area contributed by atoms with Crippen molar-refractivity contribution in [1.82, 2.24) is 14.5 Å². The smallest absolute Gasteiger partial charge is 0.259 e. The molecule has 0 aliphatic heterocycles. The molecule has 68 valence electrons. The normalized spacial score (nSPS) is 9.46. The zero-order chi connectivity index (χ0) is 9.84. The molecular formula is C6H6N4O3. The van der Waals surface area contributed by atoms with E-state index in [0.29, 0.717) is 0 Å². The molecule has 7 nitrogen and oxygen atoms in total. The molecule has 0 fully saturated rings. The number of nitrogens with zero attached hydrogens (tertiary/aromatic N) is 2. The van der Waals surface area contributed by atoms with E-state index in [1.165, 1.54) is 0 Å². The molecule has 1 aromatic heterocycles. The van der Waals surface area contributed by atoms with E-state index >= 15 is 0 Å². The quantitative estimate of drug-likeness (QED) is 0.558. The molecule has 2 N–H and O–H groups in total. The summed E-state index contributed by atoms with van der Waals surface area (Å²) in [5.41, 5.74) is -2.45. The van der Waals surface area contributed by atoms with Gasteiger partial charge in [0.05, 0.1) is 12.5 Å². The molecule has 0 aromatic carbocycles. The number of rotatable bonds is 2. The lowest BCUT2D eigenvalue weighted by atomic mass is 10.5. The Bertz CT molecular complexity index is 466. The summed E-state index contributed by atoms with van der Waals surface area (Å²) in [6.45, 7) is -0.0263. The highest BCUT2D eigenvalue weighted by atomic mass is 16.2. The zero-order valence-corrected chi connectivity index (χ0v) is 6.53. The van der Waals surface area contributed by atoms with Gasteiger partial charge in [-0.15, -0.1) is 0 Å². The van der Waals surface area contributed by atoms with Crippen LogP contribution in [0.4, 0.5) is 0 Å². The lowest BCUT2D eigenvalue weighted by Gasteiger charge is -1.97. The lowest BCUT2D eigenvalue weighted by molar-refractivity contribution is 0.606. The summed E-state index contributed by atoms with van der Waals surface area (Å²) >= 11 is 0. The molecular weight excluding hydrogens is 176 g/mol. The minimum atomic E-state index is -0.844. The molecule has 0 spiro atoms. The van der Waals surface area contributed by atoms with Crippen LogP contribution in [0, 0.1) is 11.3 Å². The van der Waals surface area contributed by atoms with Crippen LogP contribution in [0.25, 0.3) is 0 Å². The molecule has 1 aromatic rings. The average Bonchev–Trinajstić information content (AvgIpc) is 2.02. The Kier molecular flexibility index (Phi) is 2.44. The van der Waals surface area contributed by atoms with Crippen LogP contribution < -0.4 is 17.1 Å². The van der Waals surface area contributed by atoms with Crippen LogP contribution in [-0.4, -0.2) is 14.5 Å². The van der Waals surface area contributed by atoms with Gasteiger partial charge in [0.2, 0.25) is 0 Å². The number of hydrogen-bond donors (Lipinski definition) is 2. The fourth-order valence-corrected chi connectivity index (χ4v) is 0.818. The van der Waals surface area contributed by atoms with Crippen molar-refractivity contribution in [1.29, 1.82) is 5.26 Å². The maximum Gasteiger partial charge on any atom is 0.333 e. The van der Waals surface area contributed by atoms with Gasteiger partial charge in [0.25, 0.3) is 0 Å². The van der Waals surface area contributed by atoms with E-state index in [1.807, 2.05) is 9.97 Å². The van der Waals surface area contributed by atoms with Crippen molar-refractivity contribution in [3.63, 3.8) is 0 Å². The van der Waals surface area contributed by atoms with Gasteiger partial charge in [0.15, 0.2) is 0 Å². The molecule has 1 rings (SSSR count). The first-order chi connectivity index (χ1) is 6.15. The predicted octanol–water partition coefficient (Wildman–Crippen LogP) is -1.86. The van der Waals surface area contributed by atoms with Gasteiger partial charge in [-0.05, 0) is 0 Å². The van der Waals surface area contributed by atoms with Gasteiger partial charge < -0.3 is 0 Å². The Morgan fingerprint density at radius 2 is 1.77 bits per heavy atom. The van der Waals surface area contributed by atoms with Gasteiger partial charge in [0.1, 0.15) is 0 Å². The summed E-state index contributed by atoms with van der Waals surface area (Å²) in [5, 5.41) is 8.21. The van der Waals surface area contributed by atoms with Crippen molar-refractivity contribution in [2.45, 2.75) is 13.0 Å². The SMILES string of the molecule is N#CCCn1c(=O)[nH]c(=O)[nH]c1=O. The molecule has 0 aliphatic carbocycles. The Morgan fingerprint density at radius 1 is 1.23 bits per heavy atom. The van der Waals surface area contributed by atoms with Gasteiger partial charge in [-0.1, -0.05) is 0 Å². The molecule has 0 unspecified atom stereocenters. The van der Waals surface area contributed by atoms with E-state index in [0.717, 1.165) is 4.57 Å². The third kappa shape index (κ3) is 1.93. The molecule has 0 bridgehead atoms. The van der Waals surface area contributed by atoms with Gasteiger partial charge in [0, 0.05) is 6.54 Å². The molecule has 13 heavy (non-hydrogen) atoms. The van der Waals surface area contributed by atoms with Crippen LogP contribution in [-0.2, 0) is 6.54 Å². The summed E-state index contributed by atoms with van der Waals surface area (Å²) in [6.07, 6.45) is 0.0367. The number of hydrogen-bond acceptors (Lipinski definition) is 4. The van der Waals surface area contributed by atoms with E-state index in [2.05, 4.69) is 0 Å². The maximum atomic E-state index is 10.9. The number of aromatic nitrogens is 3. The number of aromatic amines is 2. The van der Waals surface area contributed by atoms with Gasteiger partial charge in [-0.25, -0.2) is 19.0 Å². The zero-order valence-electron chi connectivity index (χ0n) is 6.53. The van der Waals surface area contributed by atoms with E-state index in [4.69, 9.17) is 5.26 Å². The highest BCUT2D eigenvalue weighted by Gasteiger charge is 2.00. The van der Waals surface area contributed by atoms with Crippen molar-refractivity contribution < 1.29 is 0 Å². The second-order valence-corrected chi connectivity index (χ2v) is 2.25. The first kappa shape index (κ1) is 8.99. The molecule has 0 saturated carbocycles. The van der Waals surface area contributed by atoms with Crippen LogP contribution >= 0.6 is 0 Å². The molecule has 0 aliphatic rings. The van der Waals surface area contributed by atoms with E-state index in [9.17, 15) is 14.4 Å². The van der Waals surface area contributed by atoms with Crippen molar-refractivity contribution in [3.05, 3.63) is 31.5 Å². The van der Waals surface area contributed by atoms with Gasteiger partial charge in [-0.2, -0.15) is 5.26 Å². The van der Waals surface area contributed by atoms with E-state index < -0.39 is 17.1 Å². The predicted molar refractivity (Wildman–Crippen MR) is 42.2 cm³/mol. The molecule has 0 saturated heterocycles. The second-order valence-electron chi connectivity index (χ2n) is 2.25. The molecule has 0 atom stereocenters. The van der Waals surface area contributed by atoms with Gasteiger partial charge in [-0.3, -0.25) is 9.97 Å². The molecule has 0 radical (unpaired) electrons. The minimum Gasteiger partial charge on any atom is -0.259 e. The summed E-state index contributed by atoms with van der Waals surface area (Å²) in [6, 6.07) is 1.78. The van der Waals surface area contributed by atoms with Crippen molar-refractivity contribution in [2.75, 3.05) is 0 Å². The first-order valence-electron chi connectivity index (χ1n) is 3.45. The van der Waals surface area contributed by atoms with Crippen molar-refractivity contribution in [2.24, 2.45) is 0 Å². The monoisotopic (exact) mass is 182 g/mol. The Morgan fingerprint density at radius 3 is 2.23 bits per heavy atom. The first-order valence-corrected chi connectivity index (χ1v) is 3.45. The second kappa shape index (κ2) is 3.53. The topological polar surface area (TPSA) is 112 Å². The number of H-pyrrole nitrogens is 2. The third-order valence-electron chi connectivity index (χ3n) is 1.38. The Hall–Kier alpha value is -2.10. The summed E-state index contributed by atoms with van der Waals surface area (Å²) in [5.74, 6) is 0. The van der Waals surface area contributed by atoms with Crippen LogP contribution in [0.15, 0.2) is 14.4 Å². The van der Waals surface area contributed by atoms with Crippen molar-refractivity contribution >= 4 is 0 Å². The average molecular weight is 182 g/mol. The standard InChI is InChI=1S/C6H6N4O3/c7-2-1-3-10-5(12)8-4(11)9-6(10)13/h1,3H2,(H2,8,9,11,12,13). The van der Waals surface area contributed by atoms with Crippen LogP contribution in [0.1, 0.15) is 6.42 Å². The van der Waals surface area contributed by atoms with Crippen LogP contribution in [0.5, 0.6) is 0 Å². The Labute approximate surface area is 71.3 Å². The maximum absolute atomic E-state index is 10.9. The van der Waals surface area contributed by atoms with E-state index in [-0.39, 0.29) is 13.0 Å². The van der Waals surface area contributed by atoms with Crippen molar-refractivity contribution in [3.8, 4) is 6.07 Å². The molecule has 0 amide bonds. The van der Waals surface area contributed by atoms with Gasteiger partial charge >= 0.3 is 17.1 Å². The summed E-state index contributed by atoms with van der Waals surface area (Å²) < 4.78 is 0.755. The van der Waals surface area contributed by atoms with Crippen LogP contribution in [0.3, 0.4) is 0 Å². The third-order valence-corrected chi connectivity index (χ3v) is 1.38. The van der Waals surface area contributed by atoms with E-state index in [1.54, 1.807) is 6.07 Å². The summed E-state index contributed by atoms with van der Waals surface area (Å²) in [4.78, 5) is 36.2. The number of nitrogens with one attached hydrogen (secondary N) is 2. The fraction of sp³-hybridized carbons (Fsp3) is 0.333. The number of nitriles is 1. The largest absolute Gasteiger partial charge is 0.333 e. The highest BCUT2D eigenvalue weighted by Crippen LogP contribution is 1.75. The molecule has 7 heteroatoms. The molecule has 1 heterocycles. The Balaban J connectivity index is 3.24. The van der Waals surface area contributed by atoms with Crippen LogP contribution in [0.2, 0.25) is 0 Å². The highest BCUT2D eigenvalue weighted by molar-refractivity contribution is 4.74. The summed E-state index contributed by atoms with van der Waals surface area (Å²) in [7, 11) is 0. The minimum absolute atomic E-state index is 0.0263. The lowest BCUT2D eigenvalue weighted by Crippen LogP contribution is -2.43. The fourth-order valence-electron chi connectivity index (χ4n) is 0.818.